The summed E-state index contributed by atoms with van der Waals surface area (Å²) in [6, 6.07) is 3.73. The van der Waals surface area contributed by atoms with Gasteiger partial charge in [0.1, 0.15) is 0 Å². The fourth-order valence-corrected chi connectivity index (χ4v) is 3.52. The summed E-state index contributed by atoms with van der Waals surface area (Å²) in [6.07, 6.45) is 11.6. The first-order chi connectivity index (χ1) is 12.2. The first-order valence-electron chi connectivity index (χ1n) is 8.67. The lowest BCUT2D eigenvalue weighted by atomic mass is 9.97. The van der Waals surface area contributed by atoms with Crippen molar-refractivity contribution in [2.45, 2.75) is 49.4 Å². The van der Waals surface area contributed by atoms with Gasteiger partial charge in [-0.1, -0.05) is 23.4 Å². The number of nitrogens with zero attached hydrogens (tertiary/aromatic N) is 3. The van der Waals surface area contributed by atoms with Gasteiger partial charge in [-0.2, -0.15) is 0 Å². The number of thioether (sulfide) groups is 1. The highest BCUT2D eigenvalue weighted by Gasteiger charge is 2.17. The lowest BCUT2D eigenvalue weighted by molar-refractivity contribution is -0.120. The Morgan fingerprint density at radius 3 is 2.96 bits per heavy atom. The Morgan fingerprint density at radius 2 is 2.20 bits per heavy atom. The molecule has 1 atom stereocenters. The SMILES string of the molecule is C[C@@H](Sc1n[nH]c(-c2ccncc2)n1)C(=O)NCCC1=CCCCC1. The van der Waals surface area contributed by atoms with E-state index in [0.29, 0.717) is 17.5 Å². The zero-order chi connectivity index (χ0) is 17.5. The average Bonchev–Trinajstić information content (AvgIpc) is 3.12. The van der Waals surface area contributed by atoms with Crippen molar-refractivity contribution in [2.75, 3.05) is 6.54 Å². The Kier molecular flexibility index (Phi) is 6.22. The van der Waals surface area contributed by atoms with E-state index in [2.05, 4.69) is 31.6 Å². The highest BCUT2D eigenvalue weighted by Crippen LogP contribution is 2.23. The maximum absolute atomic E-state index is 12.2. The topological polar surface area (TPSA) is 83.6 Å². The van der Waals surface area contributed by atoms with Gasteiger partial charge >= 0.3 is 0 Å². The van der Waals surface area contributed by atoms with Crippen molar-refractivity contribution in [2.24, 2.45) is 0 Å². The third-order valence-electron chi connectivity index (χ3n) is 4.20. The molecule has 1 aliphatic rings. The van der Waals surface area contributed by atoms with Crippen LogP contribution >= 0.6 is 11.8 Å². The fraction of sp³-hybridized carbons (Fsp3) is 0.444. The number of aromatic amines is 1. The number of hydrogen-bond donors (Lipinski definition) is 2. The van der Waals surface area contributed by atoms with Gasteiger partial charge < -0.3 is 5.32 Å². The van der Waals surface area contributed by atoms with Gasteiger partial charge in [-0.25, -0.2) is 4.98 Å². The Morgan fingerprint density at radius 1 is 1.36 bits per heavy atom. The van der Waals surface area contributed by atoms with Gasteiger partial charge in [0.25, 0.3) is 0 Å². The Hall–Kier alpha value is -2.15. The number of pyridine rings is 1. The Balaban J connectivity index is 1.46. The molecule has 0 aromatic carbocycles. The molecule has 1 aliphatic carbocycles. The van der Waals surface area contributed by atoms with Crippen LogP contribution in [0, 0.1) is 0 Å². The van der Waals surface area contributed by atoms with Crippen molar-refractivity contribution < 1.29 is 4.79 Å². The molecule has 6 nitrogen and oxygen atoms in total. The molecule has 2 heterocycles. The molecule has 0 fully saturated rings. The number of carbonyl (C=O) groups is 1. The monoisotopic (exact) mass is 357 g/mol. The first kappa shape index (κ1) is 17.7. The van der Waals surface area contributed by atoms with Gasteiger partial charge in [-0.3, -0.25) is 14.9 Å². The van der Waals surface area contributed by atoms with E-state index in [9.17, 15) is 4.79 Å². The highest BCUT2D eigenvalue weighted by molar-refractivity contribution is 8.00. The van der Waals surface area contributed by atoms with Gasteiger partial charge in [-0.05, 0) is 51.2 Å². The van der Waals surface area contributed by atoms with Crippen LogP contribution in [0.5, 0.6) is 0 Å². The first-order valence-corrected chi connectivity index (χ1v) is 9.55. The molecule has 2 aromatic heterocycles. The lowest BCUT2D eigenvalue weighted by Gasteiger charge is -2.14. The zero-order valence-electron chi connectivity index (χ0n) is 14.4. The van der Waals surface area contributed by atoms with Crippen LogP contribution in [0.4, 0.5) is 0 Å². The number of hydrogen-bond acceptors (Lipinski definition) is 5. The highest BCUT2D eigenvalue weighted by atomic mass is 32.2. The van der Waals surface area contributed by atoms with E-state index in [1.54, 1.807) is 12.4 Å². The quantitative estimate of drug-likeness (QED) is 0.586. The fourth-order valence-electron chi connectivity index (χ4n) is 2.77. The molecule has 0 bridgehead atoms. The molecule has 2 aromatic rings. The van der Waals surface area contributed by atoms with E-state index in [4.69, 9.17) is 0 Å². The van der Waals surface area contributed by atoms with Gasteiger partial charge in [0.05, 0.1) is 5.25 Å². The molecule has 2 N–H and O–H groups in total. The molecule has 0 saturated carbocycles. The van der Waals surface area contributed by atoms with Crippen LogP contribution in [0.25, 0.3) is 11.4 Å². The van der Waals surface area contributed by atoms with Crippen molar-refractivity contribution in [1.82, 2.24) is 25.5 Å². The standard InChI is InChI=1S/C18H23N5OS/c1-13(17(24)20-12-7-14-5-3-2-4-6-14)25-18-21-16(22-23-18)15-8-10-19-11-9-15/h5,8-11,13H,2-4,6-7,12H2,1H3,(H,20,24)(H,21,22,23)/t13-/m1/s1. The number of nitrogens with one attached hydrogen (secondary N) is 2. The maximum Gasteiger partial charge on any atom is 0.233 e. The summed E-state index contributed by atoms with van der Waals surface area (Å²) in [6.45, 7) is 2.58. The molecular weight excluding hydrogens is 334 g/mol. The summed E-state index contributed by atoms with van der Waals surface area (Å²) in [4.78, 5) is 20.7. The van der Waals surface area contributed by atoms with E-state index in [-0.39, 0.29) is 11.2 Å². The van der Waals surface area contributed by atoms with Gasteiger partial charge in [0.2, 0.25) is 11.1 Å². The van der Waals surface area contributed by atoms with Gasteiger partial charge in [0, 0.05) is 24.5 Å². The van der Waals surface area contributed by atoms with Crippen LogP contribution in [-0.4, -0.2) is 37.9 Å². The number of H-pyrrole nitrogens is 1. The third-order valence-corrected chi connectivity index (χ3v) is 5.16. The number of carbonyl (C=O) groups excluding carboxylic acids is 1. The van der Waals surface area contributed by atoms with E-state index < -0.39 is 0 Å². The van der Waals surface area contributed by atoms with E-state index >= 15 is 0 Å². The second kappa shape index (κ2) is 8.80. The summed E-state index contributed by atoms with van der Waals surface area (Å²) in [7, 11) is 0. The van der Waals surface area contributed by atoms with Gasteiger partial charge in [0.15, 0.2) is 5.82 Å². The Bertz CT molecular complexity index is 728. The lowest BCUT2D eigenvalue weighted by Crippen LogP contribution is -2.32. The summed E-state index contributed by atoms with van der Waals surface area (Å²) in [5, 5.41) is 10.4. The van der Waals surface area contributed by atoms with Crippen LogP contribution < -0.4 is 5.32 Å². The minimum Gasteiger partial charge on any atom is -0.355 e. The minimum atomic E-state index is -0.235. The molecular formula is C18H23N5OS. The maximum atomic E-state index is 12.2. The molecule has 0 spiro atoms. The molecule has 0 unspecified atom stereocenters. The van der Waals surface area contributed by atoms with Crippen molar-refractivity contribution >= 4 is 17.7 Å². The van der Waals surface area contributed by atoms with Crippen LogP contribution in [0.1, 0.15) is 39.0 Å². The molecule has 0 aliphatic heterocycles. The number of allylic oxidation sites excluding steroid dienone is 1. The minimum absolute atomic E-state index is 0.0247. The van der Waals surface area contributed by atoms with Crippen molar-refractivity contribution in [3.8, 4) is 11.4 Å². The predicted octanol–water partition coefficient (Wildman–Crippen LogP) is 3.35. The zero-order valence-corrected chi connectivity index (χ0v) is 15.2. The van der Waals surface area contributed by atoms with Crippen molar-refractivity contribution in [1.29, 1.82) is 0 Å². The second-order valence-electron chi connectivity index (χ2n) is 6.11. The molecule has 25 heavy (non-hydrogen) atoms. The molecule has 132 valence electrons. The molecule has 0 saturated heterocycles. The Labute approximate surface area is 151 Å². The smallest absolute Gasteiger partial charge is 0.233 e. The van der Waals surface area contributed by atoms with E-state index in [0.717, 1.165) is 12.0 Å². The summed E-state index contributed by atoms with van der Waals surface area (Å²) in [5.74, 6) is 0.707. The number of amides is 1. The van der Waals surface area contributed by atoms with E-state index in [1.165, 1.54) is 43.0 Å². The average molecular weight is 357 g/mol. The van der Waals surface area contributed by atoms with Crippen molar-refractivity contribution in [3.63, 3.8) is 0 Å². The van der Waals surface area contributed by atoms with Gasteiger partial charge in [-0.15, -0.1) is 5.10 Å². The molecule has 1 amide bonds. The second-order valence-corrected chi connectivity index (χ2v) is 7.42. The predicted molar refractivity (Wildman–Crippen MR) is 99.1 cm³/mol. The van der Waals surface area contributed by atoms with Crippen LogP contribution in [0.3, 0.4) is 0 Å². The van der Waals surface area contributed by atoms with Crippen molar-refractivity contribution in [3.05, 3.63) is 36.2 Å². The normalized spacial score (nSPS) is 15.5. The number of aromatic nitrogens is 4. The largest absolute Gasteiger partial charge is 0.355 e. The third kappa shape index (κ3) is 5.16. The van der Waals surface area contributed by atoms with Crippen LogP contribution in [-0.2, 0) is 4.79 Å². The molecule has 7 heteroatoms. The summed E-state index contributed by atoms with van der Waals surface area (Å²) in [5.41, 5.74) is 2.40. The van der Waals surface area contributed by atoms with E-state index in [1.807, 2.05) is 19.1 Å². The van der Waals surface area contributed by atoms with Crippen LogP contribution in [0.2, 0.25) is 0 Å². The number of rotatable bonds is 7. The van der Waals surface area contributed by atoms with Crippen LogP contribution in [0.15, 0.2) is 41.3 Å². The summed E-state index contributed by atoms with van der Waals surface area (Å²) >= 11 is 1.36. The molecule has 3 rings (SSSR count). The molecule has 0 radical (unpaired) electrons. The summed E-state index contributed by atoms with van der Waals surface area (Å²) < 4.78 is 0.